The highest BCUT2D eigenvalue weighted by atomic mass is 31.2. The third-order valence-corrected chi connectivity index (χ3v) is 1.85. The molecule has 62 valence electrons. The summed E-state index contributed by atoms with van der Waals surface area (Å²) < 4.78 is 15.3. The standard InChI is InChI=1S/C5H14NO3P/c1-5(2)3-9-10(7,8)4-6/h5H,3-4,6H2,1-2H3,(H,7,8). The molecular weight excluding hydrogens is 153 g/mol. The second-order valence-electron chi connectivity index (χ2n) is 2.51. The molecule has 0 aromatic heterocycles. The van der Waals surface area contributed by atoms with Gasteiger partial charge in [0.2, 0.25) is 0 Å². The molecule has 0 amide bonds. The quantitative estimate of drug-likeness (QED) is 0.606. The van der Waals surface area contributed by atoms with E-state index in [0.29, 0.717) is 0 Å². The lowest BCUT2D eigenvalue weighted by Crippen LogP contribution is -2.06. The Morgan fingerprint density at radius 1 is 1.70 bits per heavy atom. The van der Waals surface area contributed by atoms with Crippen LogP contribution < -0.4 is 5.73 Å². The van der Waals surface area contributed by atoms with E-state index in [9.17, 15) is 4.57 Å². The average Bonchev–Trinajstić information content (AvgIpc) is 1.85. The molecular formula is C5H14NO3P. The van der Waals surface area contributed by atoms with Gasteiger partial charge in [0.05, 0.1) is 12.9 Å². The van der Waals surface area contributed by atoms with Crippen LogP contribution in [0.15, 0.2) is 0 Å². The summed E-state index contributed by atoms with van der Waals surface area (Å²) in [6, 6.07) is 0. The summed E-state index contributed by atoms with van der Waals surface area (Å²) in [6.07, 6.45) is -0.306. The van der Waals surface area contributed by atoms with E-state index in [-0.39, 0.29) is 18.8 Å². The van der Waals surface area contributed by atoms with Crippen LogP contribution >= 0.6 is 7.60 Å². The molecule has 0 aliphatic carbocycles. The van der Waals surface area contributed by atoms with Crippen LogP contribution in [-0.2, 0) is 9.09 Å². The van der Waals surface area contributed by atoms with Crippen LogP contribution in [0.3, 0.4) is 0 Å². The molecule has 0 aliphatic heterocycles. The Labute approximate surface area is 60.9 Å². The van der Waals surface area contributed by atoms with E-state index in [1.807, 2.05) is 13.8 Å². The van der Waals surface area contributed by atoms with Gasteiger partial charge in [0.25, 0.3) is 0 Å². The first-order valence-electron chi connectivity index (χ1n) is 3.14. The van der Waals surface area contributed by atoms with Gasteiger partial charge in [-0.25, -0.2) is 0 Å². The monoisotopic (exact) mass is 167 g/mol. The van der Waals surface area contributed by atoms with Crippen LogP contribution in [0.1, 0.15) is 13.8 Å². The normalized spacial score (nSPS) is 17.3. The molecule has 0 saturated carbocycles. The first-order chi connectivity index (χ1) is 4.48. The van der Waals surface area contributed by atoms with E-state index in [4.69, 9.17) is 10.6 Å². The molecule has 0 heterocycles. The predicted octanol–water partition coefficient (Wildman–Crippen LogP) is 0.761. The van der Waals surface area contributed by atoms with Gasteiger partial charge < -0.3 is 15.2 Å². The molecule has 1 atom stereocenters. The van der Waals surface area contributed by atoms with Gasteiger partial charge >= 0.3 is 7.60 Å². The number of hydrogen-bond donors (Lipinski definition) is 2. The fourth-order valence-corrected chi connectivity index (χ4v) is 0.955. The zero-order chi connectivity index (χ0) is 8.20. The summed E-state index contributed by atoms with van der Waals surface area (Å²) in [5, 5.41) is 0. The van der Waals surface area contributed by atoms with E-state index < -0.39 is 7.60 Å². The molecule has 0 rings (SSSR count). The van der Waals surface area contributed by atoms with Crippen LogP contribution in [0.25, 0.3) is 0 Å². The summed E-state index contributed by atoms with van der Waals surface area (Å²) in [5.74, 6) is 0.257. The summed E-state index contributed by atoms with van der Waals surface area (Å²) in [7, 11) is -3.45. The number of hydrogen-bond acceptors (Lipinski definition) is 3. The zero-order valence-corrected chi connectivity index (χ0v) is 7.17. The highest BCUT2D eigenvalue weighted by molar-refractivity contribution is 7.52. The van der Waals surface area contributed by atoms with Gasteiger partial charge in [-0.3, -0.25) is 4.57 Å². The van der Waals surface area contributed by atoms with Crippen molar-refractivity contribution in [2.75, 3.05) is 12.9 Å². The van der Waals surface area contributed by atoms with Crippen molar-refractivity contribution in [2.45, 2.75) is 13.8 Å². The minimum absolute atomic E-state index is 0.257. The minimum Gasteiger partial charge on any atom is -0.323 e. The molecule has 0 spiro atoms. The maximum Gasteiger partial charge on any atom is 0.341 e. The van der Waals surface area contributed by atoms with E-state index in [0.717, 1.165) is 0 Å². The van der Waals surface area contributed by atoms with Crippen LogP contribution in [0, 0.1) is 5.92 Å². The molecule has 5 heteroatoms. The van der Waals surface area contributed by atoms with Crippen molar-refractivity contribution in [3.8, 4) is 0 Å². The van der Waals surface area contributed by atoms with Gasteiger partial charge in [0, 0.05) is 0 Å². The van der Waals surface area contributed by atoms with Gasteiger partial charge in [-0.05, 0) is 5.92 Å². The third-order valence-electron chi connectivity index (χ3n) is 0.840. The summed E-state index contributed by atoms with van der Waals surface area (Å²) >= 11 is 0. The van der Waals surface area contributed by atoms with Gasteiger partial charge in [-0.2, -0.15) is 0 Å². The van der Waals surface area contributed by atoms with E-state index in [2.05, 4.69) is 4.52 Å². The maximum atomic E-state index is 10.7. The molecule has 0 saturated heterocycles. The Hall–Kier alpha value is 0.110. The van der Waals surface area contributed by atoms with Crippen molar-refractivity contribution in [3.05, 3.63) is 0 Å². The molecule has 0 aliphatic rings. The molecule has 0 aromatic carbocycles. The highest BCUT2D eigenvalue weighted by Gasteiger charge is 2.15. The van der Waals surface area contributed by atoms with Crippen LogP contribution in [0.4, 0.5) is 0 Å². The molecule has 0 fully saturated rings. The van der Waals surface area contributed by atoms with Gasteiger partial charge in [-0.15, -0.1) is 0 Å². The Balaban J connectivity index is 3.58. The second-order valence-corrected chi connectivity index (χ2v) is 4.41. The fraction of sp³-hybridized carbons (Fsp3) is 1.00. The molecule has 10 heavy (non-hydrogen) atoms. The van der Waals surface area contributed by atoms with Gasteiger partial charge in [0.15, 0.2) is 0 Å². The Morgan fingerprint density at radius 3 is 2.50 bits per heavy atom. The molecule has 0 aromatic rings. The van der Waals surface area contributed by atoms with Crippen molar-refractivity contribution < 1.29 is 14.0 Å². The lowest BCUT2D eigenvalue weighted by molar-refractivity contribution is 0.230. The van der Waals surface area contributed by atoms with Crippen LogP contribution in [0.5, 0.6) is 0 Å². The maximum absolute atomic E-state index is 10.7. The van der Waals surface area contributed by atoms with E-state index in [1.165, 1.54) is 0 Å². The van der Waals surface area contributed by atoms with Crippen molar-refractivity contribution in [1.29, 1.82) is 0 Å². The largest absolute Gasteiger partial charge is 0.341 e. The Bertz CT molecular complexity index is 137. The average molecular weight is 167 g/mol. The Morgan fingerprint density at radius 2 is 2.20 bits per heavy atom. The number of rotatable bonds is 4. The van der Waals surface area contributed by atoms with Crippen molar-refractivity contribution >= 4 is 7.60 Å². The molecule has 4 nitrogen and oxygen atoms in total. The SMILES string of the molecule is CC(C)COP(=O)(O)CN. The first-order valence-corrected chi connectivity index (χ1v) is 4.90. The van der Waals surface area contributed by atoms with E-state index >= 15 is 0 Å². The molecule has 1 unspecified atom stereocenters. The second kappa shape index (κ2) is 4.09. The lowest BCUT2D eigenvalue weighted by Gasteiger charge is -2.10. The summed E-state index contributed by atoms with van der Waals surface area (Å²) in [5.41, 5.74) is 4.95. The van der Waals surface area contributed by atoms with Gasteiger partial charge in [-0.1, -0.05) is 13.8 Å². The number of nitrogens with two attached hydrogens (primary N) is 1. The van der Waals surface area contributed by atoms with Gasteiger partial charge in [0.1, 0.15) is 0 Å². The molecule has 3 N–H and O–H groups in total. The zero-order valence-electron chi connectivity index (χ0n) is 6.28. The van der Waals surface area contributed by atoms with Crippen molar-refractivity contribution in [3.63, 3.8) is 0 Å². The van der Waals surface area contributed by atoms with Crippen molar-refractivity contribution in [2.24, 2.45) is 11.7 Å². The first kappa shape index (κ1) is 10.1. The molecule has 0 radical (unpaired) electrons. The Kier molecular flexibility index (Phi) is 4.13. The predicted molar refractivity (Wildman–Crippen MR) is 39.7 cm³/mol. The topological polar surface area (TPSA) is 72.5 Å². The third kappa shape index (κ3) is 4.94. The lowest BCUT2D eigenvalue weighted by atomic mass is 10.2. The fourth-order valence-electron chi connectivity index (χ4n) is 0.318. The molecule has 0 bridgehead atoms. The highest BCUT2D eigenvalue weighted by Crippen LogP contribution is 2.39. The minimum atomic E-state index is -3.45. The summed E-state index contributed by atoms with van der Waals surface area (Å²) in [6.45, 7) is 4.08. The van der Waals surface area contributed by atoms with Crippen molar-refractivity contribution in [1.82, 2.24) is 0 Å². The summed E-state index contributed by atoms with van der Waals surface area (Å²) in [4.78, 5) is 8.78. The van der Waals surface area contributed by atoms with Crippen LogP contribution in [0.2, 0.25) is 0 Å². The smallest absolute Gasteiger partial charge is 0.323 e. The van der Waals surface area contributed by atoms with E-state index in [1.54, 1.807) is 0 Å². The van der Waals surface area contributed by atoms with Crippen LogP contribution in [-0.4, -0.2) is 17.8 Å².